The molecule has 0 spiro atoms. The van der Waals surface area contributed by atoms with Crippen molar-refractivity contribution in [3.05, 3.63) is 0 Å². The Kier molecular flexibility index (Phi) is 10.6. The lowest BCUT2D eigenvalue weighted by Gasteiger charge is -2.42. The van der Waals surface area contributed by atoms with Gasteiger partial charge in [-0.2, -0.15) is 13.2 Å². The standard InChI is InChI=1S/C13H21F3NO6PS/c1-4-21-8-7-9(10(18)19)17(11(20)12(14,15)16)13(24-25,22-5-2)23-6-3/h9H,4-8H2,1-3H3,(H,18,19). The SMILES string of the molecule is CCOCCC(C(=O)O)N(C(=O)C(F)(F)F)C(OCC)(OCC)P=S. The van der Waals surface area contributed by atoms with Crippen LogP contribution in [0.25, 0.3) is 0 Å². The number of alkyl halides is 3. The van der Waals surface area contributed by atoms with Gasteiger partial charge >= 0.3 is 23.7 Å². The minimum Gasteiger partial charge on any atom is -0.480 e. The summed E-state index contributed by atoms with van der Waals surface area (Å²) in [7, 11) is -0.320. The molecule has 7 nitrogen and oxygen atoms in total. The van der Waals surface area contributed by atoms with Gasteiger partial charge in [0.2, 0.25) is 0 Å². The molecule has 1 N–H and O–H groups in total. The van der Waals surface area contributed by atoms with Gasteiger partial charge < -0.3 is 19.3 Å². The minimum absolute atomic E-state index is 0.0237. The zero-order valence-corrected chi connectivity index (χ0v) is 15.7. The number of nitrogens with zero attached hydrogens (tertiary/aromatic N) is 1. The van der Waals surface area contributed by atoms with E-state index in [1.807, 2.05) is 0 Å². The van der Waals surface area contributed by atoms with E-state index < -0.39 is 36.2 Å². The van der Waals surface area contributed by atoms with E-state index in [0.717, 1.165) is 0 Å². The highest BCUT2D eigenvalue weighted by atomic mass is 32.4. The van der Waals surface area contributed by atoms with Crippen LogP contribution in [-0.2, 0) is 35.6 Å². The van der Waals surface area contributed by atoms with Crippen LogP contribution in [0, 0.1) is 0 Å². The van der Waals surface area contributed by atoms with Crippen molar-refractivity contribution in [3.8, 4) is 0 Å². The van der Waals surface area contributed by atoms with Crippen LogP contribution in [0.2, 0.25) is 0 Å². The minimum atomic E-state index is -5.33. The van der Waals surface area contributed by atoms with Crippen LogP contribution in [-0.4, -0.2) is 66.2 Å². The van der Waals surface area contributed by atoms with Crippen molar-refractivity contribution in [2.75, 3.05) is 26.4 Å². The number of hydrogen-bond acceptors (Lipinski definition) is 6. The molecular weight excluding hydrogens is 386 g/mol. The largest absolute Gasteiger partial charge is 0.480 e. The van der Waals surface area contributed by atoms with Gasteiger partial charge in [-0.25, -0.2) is 4.79 Å². The highest BCUT2D eigenvalue weighted by Crippen LogP contribution is 2.37. The van der Waals surface area contributed by atoms with E-state index in [9.17, 15) is 27.9 Å². The van der Waals surface area contributed by atoms with Crippen molar-refractivity contribution >= 4 is 31.0 Å². The van der Waals surface area contributed by atoms with E-state index in [4.69, 9.17) is 26.0 Å². The monoisotopic (exact) mass is 407 g/mol. The van der Waals surface area contributed by atoms with E-state index in [0.29, 0.717) is 0 Å². The summed E-state index contributed by atoms with van der Waals surface area (Å²) >= 11 is 4.81. The fourth-order valence-corrected chi connectivity index (χ4v) is 3.22. The Morgan fingerprint density at radius 2 is 1.68 bits per heavy atom. The van der Waals surface area contributed by atoms with Gasteiger partial charge in [-0.15, -0.1) is 0 Å². The molecule has 0 rings (SSSR count). The van der Waals surface area contributed by atoms with Gasteiger partial charge in [0.05, 0.1) is 7.36 Å². The van der Waals surface area contributed by atoms with Gasteiger partial charge in [0, 0.05) is 32.8 Å². The lowest BCUT2D eigenvalue weighted by Crippen LogP contribution is -2.62. The molecule has 0 aliphatic carbocycles. The summed E-state index contributed by atoms with van der Waals surface area (Å²) in [5.41, 5.74) is -2.35. The second kappa shape index (κ2) is 11.0. The molecule has 1 unspecified atom stereocenters. The number of ether oxygens (including phenoxy) is 3. The Morgan fingerprint density at radius 3 is 2.00 bits per heavy atom. The number of halogens is 3. The normalized spacial score (nSPS) is 13.7. The first kappa shape index (κ1) is 24.1. The van der Waals surface area contributed by atoms with E-state index in [1.165, 1.54) is 13.8 Å². The maximum Gasteiger partial charge on any atom is 0.471 e. The van der Waals surface area contributed by atoms with E-state index in [2.05, 4.69) is 0 Å². The van der Waals surface area contributed by atoms with Crippen LogP contribution in [0.4, 0.5) is 13.2 Å². The molecule has 0 aromatic heterocycles. The molecule has 0 saturated heterocycles. The second-order valence-electron chi connectivity index (χ2n) is 4.52. The van der Waals surface area contributed by atoms with Gasteiger partial charge in [-0.1, -0.05) is 0 Å². The Bertz CT molecular complexity index is 460. The summed E-state index contributed by atoms with van der Waals surface area (Å²) in [6.45, 7) is 4.33. The molecule has 0 aliphatic heterocycles. The van der Waals surface area contributed by atoms with Crippen molar-refractivity contribution in [1.29, 1.82) is 0 Å². The second-order valence-corrected chi connectivity index (χ2v) is 5.81. The third-order valence-corrected chi connectivity index (χ3v) is 4.28. The fraction of sp³-hybridized carbons (Fsp3) is 0.846. The van der Waals surface area contributed by atoms with Gasteiger partial charge in [0.15, 0.2) is 0 Å². The molecule has 0 aromatic rings. The van der Waals surface area contributed by atoms with Crippen molar-refractivity contribution in [2.24, 2.45) is 0 Å². The Balaban J connectivity index is 6.13. The molecule has 0 aliphatic rings. The summed E-state index contributed by atoms with van der Waals surface area (Å²) < 4.78 is 54.7. The molecule has 1 amide bonds. The summed E-state index contributed by atoms with van der Waals surface area (Å²) in [6, 6.07) is -1.89. The van der Waals surface area contributed by atoms with Gasteiger partial charge in [0.1, 0.15) is 6.04 Å². The molecule has 0 aromatic carbocycles. The number of rotatable bonds is 12. The molecule has 0 fully saturated rings. The fourth-order valence-electron chi connectivity index (χ4n) is 1.96. The third kappa shape index (κ3) is 6.74. The van der Waals surface area contributed by atoms with Crippen LogP contribution in [0.15, 0.2) is 0 Å². The summed E-state index contributed by atoms with van der Waals surface area (Å²) in [6.07, 6.45) is -5.73. The molecule has 0 saturated carbocycles. The number of carboxylic acids is 1. The Morgan fingerprint density at radius 1 is 1.16 bits per heavy atom. The molecule has 0 heterocycles. The predicted octanol–water partition coefficient (Wildman–Crippen LogP) is 2.35. The maximum absolute atomic E-state index is 13.1. The number of amides is 1. The molecule has 0 radical (unpaired) electrons. The quantitative estimate of drug-likeness (QED) is 0.302. The number of carbonyl (C=O) groups is 2. The number of carboxylic acid groups (broad SMARTS) is 1. The van der Waals surface area contributed by atoms with Crippen LogP contribution in [0.5, 0.6) is 0 Å². The van der Waals surface area contributed by atoms with Gasteiger partial charge in [-0.05, 0) is 32.6 Å². The molecular formula is C13H21F3NO6PS. The zero-order chi connectivity index (χ0) is 19.7. The van der Waals surface area contributed by atoms with E-state index in [1.54, 1.807) is 6.92 Å². The molecule has 146 valence electrons. The van der Waals surface area contributed by atoms with Crippen molar-refractivity contribution in [2.45, 2.75) is 45.1 Å². The van der Waals surface area contributed by atoms with E-state index in [-0.39, 0.29) is 38.7 Å². The third-order valence-electron chi connectivity index (χ3n) is 2.88. The topological polar surface area (TPSA) is 85.3 Å². The van der Waals surface area contributed by atoms with Crippen molar-refractivity contribution < 1.29 is 42.1 Å². The van der Waals surface area contributed by atoms with Gasteiger partial charge in [0.25, 0.3) is 0 Å². The van der Waals surface area contributed by atoms with Crippen LogP contribution < -0.4 is 0 Å². The Labute approximate surface area is 150 Å². The maximum atomic E-state index is 13.1. The number of carbonyl (C=O) groups excluding carboxylic acids is 1. The van der Waals surface area contributed by atoms with Crippen LogP contribution >= 0.6 is 7.36 Å². The number of hydrogen-bond donors (Lipinski definition) is 1. The highest BCUT2D eigenvalue weighted by Gasteiger charge is 2.55. The van der Waals surface area contributed by atoms with Crippen LogP contribution in [0.3, 0.4) is 0 Å². The molecule has 1 atom stereocenters. The number of aliphatic carboxylic acids is 1. The smallest absolute Gasteiger partial charge is 0.471 e. The predicted molar refractivity (Wildman–Crippen MR) is 85.7 cm³/mol. The van der Waals surface area contributed by atoms with Crippen molar-refractivity contribution in [3.63, 3.8) is 0 Å². The first-order valence-corrected chi connectivity index (χ1v) is 9.35. The van der Waals surface area contributed by atoms with Crippen LogP contribution in [0.1, 0.15) is 27.2 Å². The lowest BCUT2D eigenvalue weighted by atomic mass is 10.2. The summed E-state index contributed by atoms with van der Waals surface area (Å²) in [5.74, 6) is -4.06. The molecule has 0 bridgehead atoms. The van der Waals surface area contributed by atoms with Crippen molar-refractivity contribution in [1.82, 2.24) is 4.90 Å². The summed E-state index contributed by atoms with van der Waals surface area (Å²) in [5, 5.41) is 9.39. The lowest BCUT2D eigenvalue weighted by molar-refractivity contribution is -0.272. The first-order valence-electron chi connectivity index (χ1n) is 7.44. The Hall–Kier alpha value is -0.870. The average Bonchev–Trinajstić information content (AvgIpc) is 2.52. The summed E-state index contributed by atoms with van der Waals surface area (Å²) in [4.78, 5) is 23.6. The van der Waals surface area contributed by atoms with E-state index >= 15 is 0 Å². The highest BCUT2D eigenvalue weighted by molar-refractivity contribution is 7.96. The molecule has 12 heteroatoms. The van der Waals surface area contributed by atoms with Gasteiger partial charge in [-0.3, -0.25) is 9.69 Å². The zero-order valence-electron chi connectivity index (χ0n) is 14.0. The molecule has 25 heavy (non-hydrogen) atoms. The first-order chi connectivity index (χ1) is 11.6. The average molecular weight is 407 g/mol.